The smallest absolute Gasteiger partial charge is 0.317 e. The van der Waals surface area contributed by atoms with E-state index in [9.17, 15) is 9.59 Å². The number of morpholine rings is 1. The Bertz CT molecular complexity index is 760. The normalized spacial score (nSPS) is 18.0. The number of carboxylic acid groups (broad SMARTS) is 1. The number of benzene rings is 1. The molecule has 0 saturated carbocycles. The van der Waals surface area contributed by atoms with E-state index in [-0.39, 0.29) is 25.1 Å². The van der Waals surface area contributed by atoms with Gasteiger partial charge in [-0.3, -0.25) is 14.5 Å². The summed E-state index contributed by atoms with van der Waals surface area (Å²) in [6, 6.07) is 7.70. The Morgan fingerprint density at radius 2 is 2.20 bits per heavy atom. The number of imidazole rings is 1. The highest BCUT2D eigenvalue weighted by Gasteiger charge is 2.25. The Kier molecular flexibility index (Phi) is 5.30. The van der Waals surface area contributed by atoms with Gasteiger partial charge in [-0.25, -0.2) is 4.98 Å². The van der Waals surface area contributed by atoms with Crippen molar-refractivity contribution in [1.82, 2.24) is 19.4 Å². The first-order valence-electron chi connectivity index (χ1n) is 8.22. The number of carbonyl (C=O) groups excluding carboxylic acids is 1. The summed E-state index contributed by atoms with van der Waals surface area (Å²) in [6.45, 7) is 2.14. The van der Waals surface area contributed by atoms with Crippen LogP contribution in [0.15, 0.2) is 30.6 Å². The second-order valence-corrected chi connectivity index (χ2v) is 6.28. The first-order valence-corrected chi connectivity index (χ1v) is 8.22. The molecule has 1 atom stereocenters. The molecule has 1 aromatic carbocycles. The molecule has 1 saturated heterocycles. The van der Waals surface area contributed by atoms with Crippen LogP contribution in [-0.4, -0.2) is 82.3 Å². The number of carbonyl (C=O) groups is 2. The zero-order valence-electron chi connectivity index (χ0n) is 14.2. The molecule has 8 heteroatoms. The number of ether oxygens (including phenoxy) is 1. The molecule has 1 fully saturated rings. The second kappa shape index (κ2) is 7.62. The number of nitrogens with zero attached hydrogens (tertiary/aromatic N) is 4. The Morgan fingerprint density at radius 1 is 1.40 bits per heavy atom. The molecule has 1 amide bonds. The molecule has 1 aromatic heterocycles. The van der Waals surface area contributed by atoms with Crippen molar-refractivity contribution >= 4 is 22.9 Å². The quantitative estimate of drug-likeness (QED) is 0.808. The molecular formula is C17H22N4O4. The van der Waals surface area contributed by atoms with Crippen molar-refractivity contribution in [2.24, 2.45) is 0 Å². The Hall–Kier alpha value is -2.45. The monoisotopic (exact) mass is 346 g/mol. The predicted molar refractivity (Wildman–Crippen MR) is 91.2 cm³/mol. The second-order valence-electron chi connectivity index (χ2n) is 6.28. The van der Waals surface area contributed by atoms with Crippen LogP contribution in [0.1, 0.15) is 0 Å². The number of hydrogen-bond donors (Lipinski definition) is 1. The molecular weight excluding hydrogens is 324 g/mol. The van der Waals surface area contributed by atoms with Gasteiger partial charge in [-0.2, -0.15) is 0 Å². The van der Waals surface area contributed by atoms with Gasteiger partial charge < -0.3 is 19.3 Å². The van der Waals surface area contributed by atoms with Crippen LogP contribution < -0.4 is 0 Å². The van der Waals surface area contributed by atoms with E-state index in [0.29, 0.717) is 26.2 Å². The molecule has 134 valence electrons. The van der Waals surface area contributed by atoms with E-state index >= 15 is 0 Å². The minimum Gasteiger partial charge on any atom is -0.480 e. The van der Waals surface area contributed by atoms with Gasteiger partial charge in [0.25, 0.3) is 0 Å². The molecule has 25 heavy (non-hydrogen) atoms. The maximum Gasteiger partial charge on any atom is 0.317 e. The van der Waals surface area contributed by atoms with Crippen LogP contribution in [0.25, 0.3) is 11.0 Å². The summed E-state index contributed by atoms with van der Waals surface area (Å²) in [5.74, 6) is -0.865. The van der Waals surface area contributed by atoms with Crippen LogP contribution >= 0.6 is 0 Å². The molecule has 0 radical (unpaired) electrons. The number of amides is 1. The van der Waals surface area contributed by atoms with Crippen molar-refractivity contribution in [3.8, 4) is 0 Å². The first kappa shape index (κ1) is 17.4. The van der Waals surface area contributed by atoms with Gasteiger partial charge in [-0.1, -0.05) is 12.1 Å². The van der Waals surface area contributed by atoms with Gasteiger partial charge >= 0.3 is 5.97 Å². The fraction of sp³-hybridized carbons (Fsp3) is 0.471. The third-order valence-corrected chi connectivity index (χ3v) is 4.24. The third-order valence-electron chi connectivity index (χ3n) is 4.24. The average molecular weight is 346 g/mol. The fourth-order valence-electron chi connectivity index (χ4n) is 3.08. The lowest BCUT2D eigenvalue weighted by atomic mass is 10.2. The Balaban J connectivity index is 1.59. The number of aliphatic carboxylic acids is 1. The number of para-hydroxylation sites is 2. The summed E-state index contributed by atoms with van der Waals surface area (Å²) < 4.78 is 7.51. The molecule has 2 heterocycles. The van der Waals surface area contributed by atoms with Crippen LogP contribution in [0.4, 0.5) is 0 Å². The molecule has 1 unspecified atom stereocenters. The lowest BCUT2D eigenvalue weighted by Gasteiger charge is -2.34. The molecule has 2 aromatic rings. The molecule has 0 bridgehead atoms. The molecule has 8 nitrogen and oxygen atoms in total. The van der Waals surface area contributed by atoms with E-state index in [1.807, 2.05) is 28.8 Å². The molecule has 0 spiro atoms. The number of rotatable bonds is 6. The van der Waals surface area contributed by atoms with Crippen LogP contribution in [0.5, 0.6) is 0 Å². The summed E-state index contributed by atoms with van der Waals surface area (Å²) in [6.07, 6.45) is 1.50. The van der Waals surface area contributed by atoms with Crippen LogP contribution in [0.2, 0.25) is 0 Å². The highest BCUT2D eigenvalue weighted by atomic mass is 16.5. The van der Waals surface area contributed by atoms with Crippen LogP contribution in [0, 0.1) is 0 Å². The maximum absolute atomic E-state index is 12.6. The Morgan fingerprint density at radius 3 is 3.00 bits per heavy atom. The largest absolute Gasteiger partial charge is 0.480 e. The van der Waals surface area contributed by atoms with Crippen molar-refractivity contribution in [3.63, 3.8) is 0 Å². The zero-order chi connectivity index (χ0) is 17.8. The summed E-state index contributed by atoms with van der Waals surface area (Å²) in [5, 5.41) is 8.83. The molecule has 1 aliphatic rings. The highest BCUT2D eigenvalue weighted by Crippen LogP contribution is 2.13. The van der Waals surface area contributed by atoms with Gasteiger partial charge in [0.2, 0.25) is 5.91 Å². The predicted octanol–water partition coefficient (Wildman–Crippen LogP) is 0.280. The molecule has 0 aliphatic carbocycles. The van der Waals surface area contributed by atoms with Crippen molar-refractivity contribution in [3.05, 3.63) is 30.6 Å². The minimum absolute atomic E-state index is 0.0114. The number of hydrogen-bond acceptors (Lipinski definition) is 5. The van der Waals surface area contributed by atoms with E-state index in [1.165, 1.54) is 0 Å². The van der Waals surface area contributed by atoms with Crippen molar-refractivity contribution in [1.29, 1.82) is 0 Å². The molecule has 1 N–H and O–H groups in total. The summed E-state index contributed by atoms with van der Waals surface area (Å²) in [5.41, 5.74) is 1.80. The average Bonchev–Trinajstić information content (AvgIpc) is 2.97. The number of carboxylic acids is 1. The van der Waals surface area contributed by atoms with E-state index in [1.54, 1.807) is 23.2 Å². The first-order chi connectivity index (χ1) is 12.0. The van der Waals surface area contributed by atoms with E-state index in [0.717, 1.165) is 11.0 Å². The SMILES string of the molecule is CN(CC(=O)O)CC1CN(C(=O)Cn2cnc3ccccc32)CCO1. The van der Waals surface area contributed by atoms with E-state index in [4.69, 9.17) is 9.84 Å². The van der Waals surface area contributed by atoms with Gasteiger partial charge in [0.1, 0.15) is 6.54 Å². The lowest BCUT2D eigenvalue weighted by molar-refractivity contribution is -0.142. The highest BCUT2D eigenvalue weighted by molar-refractivity contribution is 5.80. The Labute approximate surface area is 145 Å². The molecule has 3 rings (SSSR count). The van der Waals surface area contributed by atoms with Crippen molar-refractivity contribution in [2.75, 3.05) is 39.8 Å². The van der Waals surface area contributed by atoms with Crippen LogP contribution in [0.3, 0.4) is 0 Å². The summed E-state index contributed by atoms with van der Waals surface area (Å²) in [4.78, 5) is 31.1. The number of aromatic nitrogens is 2. The van der Waals surface area contributed by atoms with Crippen LogP contribution in [-0.2, 0) is 20.9 Å². The van der Waals surface area contributed by atoms with Gasteiger partial charge in [-0.15, -0.1) is 0 Å². The fourth-order valence-corrected chi connectivity index (χ4v) is 3.08. The van der Waals surface area contributed by atoms with Gasteiger partial charge in [-0.05, 0) is 19.2 Å². The lowest BCUT2D eigenvalue weighted by Crippen LogP contribution is -2.50. The number of fused-ring (bicyclic) bond motifs is 1. The topological polar surface area (TPSA) is 87.9 Å². The zero-order valence-corrected chi connectivity index (χ0v) is 14.2. The van der Waals surface area contributed by atoms with Crippen molar-refractivity contribution in [2.45, 2.75) is 12.6 Å². The standard InChI is InChI=1S/C17H22N4O4/c1-19(11-17(23)24)8-13-9-20(6-7-25-13)16(22)10-21-12-18-14-4-2-3-5-15(14)21/h2-5,12-13H,6-11H2,1H3,(H,23,24). The summed E-state index contributed by atoms with van der Waals surface area (Å²) >= 11 is 0. The number of likely N-dealkylation sites (N-methyl/N-ethyl adjacent to an activating group) is 1. The maximum atomic E-state index is 12.6. The summed E-state index contributed by atoms with van der Waals surface area (Å²) in [7, 11) is 1.73. The van der Waals surface area contributed by atoms with E-state index < -0.39 is 5.97 Å². The van der Waals surface area contributed by atoms with Crippen molar-refractivity contribution < 1.29 is 19.4 Å². The van der Waals surface area contributed by atoms with Gasteiger partial charge in [0.05, 0.1) is 36.6 Å². The third kappa shape index (κ3) is 4.34. The minimum atomic E-state index is -0.877. The van der Waals surface area contributed by atoms with Gasteiger partial charge in [0.15, 0.2) is 0 Å². The molecule has 1 aliphatic heterocycles. The van der Waals surface area contributed by atoms with E-state index in [2.05, 4.69) is 4.98 Å². The van der Waals surface area contributed by atoms with Gasteiger partial charge in [0, 0.05) is 19.6 Å².